The van der Waals surface area contributed by atoms with Crippen LogP contribution >= 0.6 is 0 Å². The lowest BCUT2D eigenvalue weighted by Crippen LogP contribution is -2.66. The van der Waals surface area contributed by atoms with Crippen molar-refractivity contribution in [3.05, 3.63) is 35.9 Å². The molecule has 0 amide bonds. The van der Waals surface area contributed by atoms with Crippen molar-refractivity contribution >= 4 is 11.8 Å². The highest BCUT2D eigenvalue weighted by atomic mass is 16.5. The molecule has 5 aliphatic rings. The van der Waals surface area contributed by atoms with E-state index in [0.717, 1.165) is 44.1 Å². The first-order valence-corrected chi connectivity index (χ1v) is 15.2. The predicted octanol–water partition coefficient (Wildman–Crippen LogP) is 8.15. The molecule has 0 aromatic heterocycles. The quantitative estimate of drug-likeness (QED) is 0.390. The van der Waals surface area contributed by atoms with E-state index in [1.807, 2.05) is 30.3 Å². The van der Waals surface area contributed by atoms with Crippen LogP contribution in [0, 0.1) is 50.7 Å². The van der Waals surface area contributed by atoms with Crippen molar-refractivity contribution in [3.8, 4) is 0 Å². The summed E-state index contributed by atoms with van der Waals surface area (Å²) in [4.78, 5) is 26.8. The van der Waals surface area contributed by atoms with Crippen molar-refractivity contribution in [1.29, 1.82) is 0 Å². The van der Waals surface area contributed by atoms with Crippen molar-refractivity contribution < 1.29 is 14.3 Å². The Bertz CT molecular complexity index is 1080. The summed E-state index contributed by atoms with van der Waals surface area (Å²) in [5.41, 5.74) is 1.39. The lowest BCUT2D eigenvalue weighted by atomic mass is 9.32. The van der Waals surface area contributed by atoms with Gasteiger partial charge in [-0.15, -0.1) is 0 Å². The van der Waals surface area contributed by atoms with Gasteiger partial charge in [-0.1, -0.05) is 71.4 Å². The van der Waals surface area contributed by atoms with Gasteiger partial charge in [0.05, 0.1) is 5.41 Å². The molecular weight excluding hydrogens is 456 g/mol. The molecule has 5 fully saturated rings. The van der Waals surface area contributed by atoms with Gasteiger partial charge in [0, 0.05) is 11.8 Å². The van der Waals surface area contributed by atoms with Gasteiger partial charge in [-0.05, 0) is 103 Å². The molecule has 0 N–H and O–H groups in total. The lowest BCUT2D eigenvalue weighted by Gasteiger charge is -2.72. The number of rotatable bonds is 3. The molecule has 3 nitrogen and oxygen atoms in total. The van der Waals surface area contributed by atoms with Gasteiger partial charge < -0.3 is 4.74 Å². The van der Waals surface area contributed by atoms with Gasteiger partial charge in [-0.3, -0.25) is 9.59 Å². The molecule has 0 spiro atoms. The average Bonchev–Trinajstić information content (AvgIpc) is 3.32. The zero-order valence-corrected chi connectivity index (χ0v) is 23.9. The first kappa shape index (κ1) is 25.6. The van der Waals surface area contributed by atoms with Gasteiger partial charge in [0.2, 0.25) is 0 Å². The molecule has 6 rings (SSSR count). The summed E-state index contributed by atoms with van der Waals surface area (Å²) in [6, 6.07) is 10.1. The average molecular weight is 505 g/mol. The molecule has 3 unspecified atom stereocenters. The van der Waals surface area contributed by atoms with Gasteiger partial charge in [0.25, 0.3) is 0 Å². The van der Waals surface area contributed by atoms with Crippen molar-refractivity contribution in [2.24, 2.45) is 50.7 Å². The van der Waals surface area contributed by atoms with Gasteiger partial charge in [-0.2, -0.15) is 0 Å². The number of benzene rings is 1. The molecule has 1 aromatic carbocycles. The number of hydrogen-bond acceptors (Lipinski definition) is 3. The van der Waals surface area contributed by atoms with Crippen molar-refractivity contribution in [3.63, 3.8) is 0 Å². The summed E-state index contributed by atoms with van der Waals surface area (Å²) in [7, 11) is 0. The molecule has 37 heavy (non-hydrogen) atoms. The van der Waals surface area contributed by atoms with Crippen LogP contribution in [0.5, 0.6) is 0 Å². The lowest BCUT2D eigenvalue weighted by molar-refractivity contribution is -0.234. The topological polar surface area (TPSA) is 43.4 Å². The van der Waals surface area contributed by atoms with E-state index >= 15 is 0 Å². The van der Waals surface area contributed by atoms with Crippen LogP contribution in [0.1, 0.15) is 111 Å². The van der Waals surface area contributed by atoms with Gasteiger partial charge in [0.1, 0.15) is 12.4 Å². The molecule has 5 aliphatic carbocycles. The van der Waals surface area contributed by atoms with Crippen LogP contribution in [0.2, 0.25) is 0 Å². The number of carbonyl (C=O) groups is 2. The maximum Gasteiger partial charge on any atom is 0.312 e. The van der Waals surface area contributed by atoms with Crippen LogP contribution in [0.25, 0.3) is 0 Å². The minimum Gasteiger partial charge on any atom is -0.460 e. The summed E-state index contributed by atoms with van der Waals surface area (Å²) in [5.74, 6) is 2.81. The molecule has 5 saturated carbocycles. The van der Waals surface area contributed by atoms with E-state index in [1.54, 1.807) is 0 Å². The highest BCUT2D eigenvalue weighted by molar-refractivity contribution is 5.85. The first-order chi connectivity index (χ1) is 17.5. The Kier molecular flexibility index (Phi) is 5.84. The number of hydrogen-bond donors (Lipinski definition) is 0. The summed E-state index contributed by atoms with van der Waals surface area (Å²) in [6.45, 7) is 12.7. The number of fused-ring (bicyclic) bond motifs is 7. The maximum absolute atomic E-state index is 13.8. The highest BCUT2D eigenvalue weighted by Crippen LogP contribution is 2.76. The van der Waals surface area contributed by atoms with E-state index < -0.39 is 0 Å². The third-order valence-electron chi connectivity index (χ3n) is 13.7. The SMILES string of the molecule is CC1(C)C(=O)CC[C@@]2(C)C1CC[C@]1(C)C2CC[C@@H]2C3CCC[C@]3(C(=O)OCc3ccccc3)CC[C@]21C. The summed E-state index contributed by atoms with van der Waals surface area (Å²) >= 11 is 0. The van der Waals surface area contributed by atoms with E-state index in [2.05, 4.69) is 34.6 Å². The minimum absolute atomic E-state index is 0.0800. The van der Waals surface area contributed by atoms with Crippen molar-refractivity contribution in [2.75, 3.05) is 0 Å². The monoisotopic (exact) mass is 504 g/mol. The van der Waals surface area contributed by atoms with Crippen LogP contribution in [0.4, 0.5) is 0 Å². The standard InChI is InChI=1S/C34H48O3/c1-30(2)26-15-19-33(5)27(31(26,3)18-16-28(30)35)14-13-24-25-12-9-17-34(25,21-20-32(24,33)4)29(36)37-22-23-10-7-6-8-11-23/h6-8,10-11,24-27H,9,12-22H2,1-5H3/t24-,25?,26?,27?,31+,32-,33-,34+/m1/s1. The van der Waals surface area contributed by atoms with E-state index in [-0.39, 0.29) is 33.0 Å². The molecule has 0 saturated heterocycles. The molecule has 0 aliphatic heterocycles. The number of ether oxygens (including phenoxy) is 1. The second-order valence-corrected chi connectivity index (χ2v) is 15.0. The predicted molar refractivity (Wildman–Crippen MR) is 147 cm³/mol. The van der Waals surface area contributed by atoms with E-state index in [1.165, 1.54) is 32.1 Å². The Morgan fingerprint density at radius 1 is 0.811 bits per heavy atom. The molecule has 3 heteroatoms. The van der Waals surface area contributed by atoms with Gasteiger partial charge >= 0.3 is 5.97 Å². The molecule has 8 atom stereocenters. The molecular formula is C34H48O3. The maximum atomic E-state index is 13.8. The van der Waals surface area contributed by atoms with Crippen molar-refractivity contribution in [1.82, 2.24) is 0 Å². The largest absolute Gasteiger partial charge is 0.460 e. The Morgan fingerprint density at radius 2 is 1.57 bits per heavy atom. The van der Waals surface area contributed by atoms with Crippen LogP contribution in [-0.2, 0) is 20.9 Å². The van der Waals surface area contributed by atoms with Gasteiger partial charge in [-0.25, -0.2) is 0 Å². The fourth-order valence-electron chi connectivity index (χ4n) is 11.6. The Morgan fingerprint density at radius 3 is 2.32 bits per heavy atom. The fourth-order valence-corrected chi connectivity index (χ4v) is 11.6. The number of carbonyl (C=O) groups excluding carboxylic acids is 2. The minimum atomic E-state index is -0.275. The number of esters is 1. The molecule has 0 heterocycles. The van der Waals surface area contributed by atoms with E-state index in [9.17, 15) is 9.59 Å². The van der Waals surface area contributed by atoms with Crippen LogP contribution in [-0.4, -0.2) is 11.8 Å². The summed E-state index contributed by atoms with van der Waals surface area (Å²) in [6.07, 6.45) is 12.2. The third kappa shape index (κ3) is 3.37. The molecule has 0 bridgehead atoms. The van der Waals surface area contributed by atoms with Crippen LogP contribution in [0.15, 0.2) is 30.3 Å². The van der Waals surface area contributed by atoms with Crippen LogP contribution in [0.3, 0.4) is 0 Å². The summed E-state index contributed by atoms with van der Waals surface area (Å²) < 4.78 is 6.07. The Balaban J connectivity index is 1.28. The first-order valence-electron chi connectivity index (χ1n) is 15.2. The fraction of sp³-hybridized carbons (Fsp3) is 0.765. The number of Topliss-reactive ketones (excluding diaryl/α,β-unsaturated/α-hetero) is 1. The van der Waals surface area contributed by atoms with E-state index in [0.29, 0.717) is 36.1 Å². The Labute approximate surface area is 224 Å². The van der Waals surface area contributed by atoms with Crippen molar-refractivity contribution in [2.45, 2.75) is 112 Å². The third-order valence-corrected chi connectivity index (χ3v) is 13.7. The summed E-state index contributed by atoms with van der Waals surface area (Å²) in [5, 5.41) is 0. The second-order valence-electron chi connectivity index (χ2n) is 15.0. The smallest absolute Gasteiger partial charge is 0.312 e. The second kappa shape index (κ2) is 8.43. The van der Waals surface area contributed by atoms with Crippen LogP contribution < -0.4 is 0 Å². The van der Waals surface area contributed by atoms with E-state index in [4.69, 9.17) is 4.74 Å². The highest BCUT2D eigenvalue weighted by Gasteiger charge is 2.71. The van der Waals surface area contributed by atoms with Gasteiger partial charge in [0.15, 0.2) is 0 Å². The molecule has 0 radical (unpaired) electrons. The normalized spacial score (nSPS) is 46.2. The zero-order chi connectivity index (χ0) is 26.3. The number of ketones is 1. The zero-order valence-electron chi connectivity index (χ0n) is 23.9. The molecule has 202 valence electrons. The Hall–Kier alpha value is -1.64. The molecule has 1 aromatic rings.